The molecule has 5 atom stereocenters. The molecule has 0 aromatic heterocycles. The molecule has 2 aliphatic carbocycles. The highest BCUT2D eigenvalue weighted by Gasteiger charge is 2.61. The largest absolute Gasteiger partial charge is 0.454 e. The van der Waals surface area contributed by atoms with Gasteiger partial charge in [-0.2, -0.15) is 0 Å². The van der Waals surface area contributed by atoms with Crippen molar-refractivity contribution in [2.45, 2.75) is 25.8 Å². The number of hydrogen-bond acceptors (Lipinski definition) is 5. The van der Waals surface area contributed by atoms with Crippen molar-refractivity contribution in [1.82, 2.24) is 4.90 Å². The van der Waals surface area contributed by atoms with Gasteiger partial charge in [-0.3, -0.25) is 19.3 Å². The highest BCUT2D eigenvalue weighted by molar-refractivity contribution is 9.10. The molecule has 1 saturated carbocycles. The Kier molecular flexibility index (Phi) is 6.74. The second kappa shape index (κ2) is 9.82. The summed E-state index contributed by atoms with van der Waals surface area (Å²) in [4.78, 5) is 53.6. The fraction of sp³-hybridized carbons (Fsp3) is 0.333. The van der Waals surface area contributed by atoms with Crippen molar-refractivity contribution < 1.29 is 23.9 Å². The van der Waals surface area contributed by atoms with Crippen LogP contribution in [0, 0.1) is 30.6 Å². The Morgan fingerprint density at radius 3 is 2.36 bits per heavy atom. The molecule has 2 aromatic rings. The average molecular weight is 572 g/mol. The van der Waals surface area contributed by atoms with E-state index in [1.54, 1.807) is 19.1 Å². The summed E-state index contributed by atoms with van der Waals surface area (Å²) in [6, 6.07) is 11.4. The van der Waals surface area contributed by atoms with Crippen LogP contribution in [-0.2, 0) is 30.3 Å². The van der Waals surface area contributed by atoms with E-state index in [0.29, 0.717) is 20.7 Å². The van der Waals surface area contributed by atoms with Crippen molar-refractivity contribution in [3.05, 3.63) is 75.2 Å². The second-order valence-electron chi connectivity index (χ2n) is 9.44. The first-order valence-corrected chi connectivity index (χ1v) is 12.9. The van der Waals surface area contributed by atoms with Crippen LogP contribution in [0.15, 0.2) is 59.1 Å². The number of likely N-dealkylation sites (tertiary alicyclic amines) is 1. The minimum Gasteiger partial charge on any atom is -0.454 e. The number of allylic oxidation sites excluding steroid dienone is 2. The van der Waals surface area contributed by atoms with Crippen molar-refractivity contribution in [3.63, 3.8) is 0 Å². The standard InChI is InChI=1S/C27H24BrClN2O5/c1-14-19(10-9-18(28)24(14)29)30-21(32)13-36-27(35)20(11-15-5-3-2-4-6-15)31-25(33)22-16-7-8-17(12-16)23(22)26(31)34/h2-10,16-17,20,22-23H,11-13H2,1H3,(H,30,32)/t16-,17-,20-,22-,23-/m0/s1. The molecular weight excluding hydrogens is 548 g/mol. The summed E-state index contributed by atoms with van der Waals surface area (Å²) in [6.07, 6.45) is 4.92. The summed E-state index contributed by atoms with van der Waals surface area (Å²) in [5.74, 6) is -2.79. The van der Waals surface area contributed by atoms with E-state index in [9.17, 15) is 19.2 Å². The SMILES string of the molecule is Cc1c(NC(=O)COC(=O)[C@H](Cc2ccccc2)N2C(=O)[C@@H]3[C@@H](C2=O)[C@H]2C=C[C@H]3C2)ccc(Br)c1Cl. The zero-order valence-corrected chi connectivity index (χ0v) is 21.8. The number of rotatable bonds is 7. The van der Waals surface area contributed by atoms with E-state index in [-0.39, 0.29) is 30.1 Å². The van der Waals surface area contributed by atoms with Crippen molar-refractivity contribution in [2.75, 3.05) is 11.9 Å². The smallest absolute Gasteiger partial charge is 0.330 e. The van der Waals surface area contributed by atoms with Crippen molar-refractivity contribution >= 4 is 56.9 Å². The number of ether oxygens (including phenoxy) is 1. The minimum absolute atomic E-state index is 0.0293. The van der Waals surface area contributed by atoms with Gasteiger partial charge in [0.1, 0.15) is 6.04 Å². The predicted molar refractivity (Wildman–Crippen MR) is 137 cm³/mol. The Morgan fingerprint density at radius 1 is 1.08 bits per heavy atom. The highest BCUT2D eigenvalue weighted by Crippen LogP contribution is 2.53. The molecule has 9 heteroatoms. The molecule has 1 N–H and O–H groups in total. The first kappa shape index (κ1) is 24.7. The number of imide groups is 1. The number of amides is 3. The van der Waals surface area contributed by atoms with Gasteiger partial charge < -0.3 is 10.1 Å². The maximum atomic E-state index is 13.4. The third-order valence-electron chi connectivity index (χ3n) is 7.32. The fourth-order valence-electron chi connectivity index (χ4n) is 5.56. The van der Waals surface area contributed by atoms with Gasteiger partial charge in [-0.1, -0.05) is 54.1 Å². The molecule has 1 aliphatic heterocycles. The number of carbonyl (C=O) groups excluding carboxylic acids is 4. The number of carbonyl (C=O) groups is 4. The van der Waals surface area contributed by atoms with E-state index in [0.717, 1.165) is 16.9 Å². The molecule has 3 amide bonds. The van der Waals surface area contributed by atoms with Gasteiger partial charge in [0.15, 0.2) is 6.61 Å². The average Bonchev–Trinajstić information content (AvgIpc) is 3.56. The van der Waals surface area contributed by atoms with Gasteiger partial charge in [0, 0.05) is 16.6 Å². The summed E-state index contributed by atoms with van der Waals surface area (Å²) in [6.45, 7) is 1.20. The van der Waals surface area contributed by atoms with Crippen molar-refractivity contribution in [3.8, 4) is 0 Å². The molecule has 7 nitrogen and oxygen atoms in total. The van der Waals surface area contributed by atoms with Crippen LogP contribution in [-0.4, -0.2) is 41.2 Å². The van der Waals surface area contributed by atoms with E-state index in [4.69, 9.17) is 16.3 Å². The van der Waals surface area contributed by atoms with Gasteiger partial charge in [0.2, 0.25) is 11.8 Å². The predicted octanol–water partition coefficient (Wildman–Crippen LogP) is 4.31. The fourth-order valence-corrected chi connectivity index (χ4v) is 6.15. The van der Waals surface area contributed by atoms with Crippen LogP contribution in [0.4, 0.5) is 5.69 Å². The number of fused-ring (bicyclic) bond motifs is 5. The molecular formula is C27H24BrClN2O5. The Labute approximate surface area is 221 Å². The summed E-state index contributed by atoms with van der Waals surface area (Å²) >= 11 is 9.55. The molecule has 5 rings (SSSR count). The normalized spacial score (nSPS) is 24.7. The summed E-state index contributed by atoms with van der Waals surface area (Å²) in [5.41, 5.74) is 1.93. The number of hydrogen-bond donors (Lipinski definition) is 1. The number of anilines is 1. The van der Waals surface area contributed by atoms with Gasteiger partial charge >= 0.3 is 5.97 Å². The first-order chi connectivity index (χ1) is 17.3. The van der Waals surface area contributed by atoms with Crippen molar-refractivity contribution in [2.24, 2.45) is 23.7 Å². The quantitative estimate of drug-likeness (QED) is 0.304. The van der Waals surface area contributed by atoms with Gasteiger partial charge in [0.25, 0.3) is 5.91 Å². The lowest BCUT2D eigenvalue weighted by Crippen LogP contribution is -2.48. The second-order valence-corrected chi connectivity index (χ2v) is 10.7. The number of nitrogens with zero attached hydrogens (tertiary/aromatic N) is 1. The molecule has 186 valence electrons. The lowest BCUT2D eigenvalue weighted by Gasteiger charge is -2.26. The van der Waals surface area contributed by atoms with Crippen LogP contribution in [0.2, 0.25) is 5.02 Å². The minimum atomic E-state index is -1.14. The Hall–Kier alpha value is -2.97. The molecule has 36 heavy (non-hydrogen) atoms. The van der Waals surface area contributed by atoms with E-state index < -0.39 is 36.4 Å². The summed E-state index contributed by atoms with van der Waals surface area (Å²) < 4.78 is 6.05. The van der Waals surface area contributed by atoms with Crippen LogP contribution in [0.25, 0.3) is 0 Å². The van der Waals surface area contributed by atoms with E-state index in [1.807, 2.05) is 42.5 Å². The monoisotopic (exact) mass is 570 g/mol. The van der Waals surface area contributed by atoms with Crippen LogP contribution in [0.3, 0.4) is 0 Å². The van der Waals surface area contributed by atoms with Gasteiger partial charge in [-0.25, -0.2) is 4.79 Å². The Morgan fingerprint density at radius 2 is 1.72 bits per heavy atom. The lowest BCUT2D eigenvalue weighted by molar-refractivity contribution is -0.160. The molecule has 1 heterocycles. The molecule has 2 aromatic carbocycles. The molecule has 2 bridgehead atoms. The highest BCUT2D eigenvalue weighted by atomic mass is 79.9. The van der Waals surface area contributed by atoms with Gasteiger partial charge in [-0.05, 0) is 64.4 Å². The van der Waals surface area contributed by atoms with E-state index >= 15 is 0 Å². The number of halogens is 2. The van der Waals surface area contributed by atoms with Crippen LogP contribution in [0.1, 0.15) is 17.5 Å². The molecule has 0 unspecified atom stereocenters. The summed E-state index contributed by atoms with van der Waals surface area (Å²) in [5, 5.41) is 3.15. The third kappa shape index (κ3) is 4.37. The topological polar surface area (TPSA) is 92.8 Å². The van der Waals surface area contributed by atoms with Crippen LogP contribution >= 0.6 is 27.5 Å². The Balaban J connectivity index is 1.32. The molecule has 3 aliphatic rings. The third-order valence-corrected chi connectivity index (χ3v) is 8.70. The van der Waals surface area contributed by atoms with Crippen LogP contribution < -0.4 is 5.32 Å². The number of nitrogens with one attached hydrogen (secondary N) is 1. The Bertz CT molecular complexity index is 1250. The molecule has 0 spiro atoms. The van der Waals surface area contributed by atoms with Crippen LogP contribution in [0.5, 0.6) is 0 Å². The van der Waals surface area contributed by atoms with Gasteiger partial charge in [-0.15, -0.1) is 0 Å². The maximum absolute atomic E-state index is 13.4. The molecule has 1 saturated heterocycles. The van der Waals surface area contributed by atoms with Gasteiger partial charge in [0.05, 0.1) is 16.9 Å². The van der Waals surface area contributed by atoms with Crippen molar-refractivity contribution in [1.29, 1.82) is 0 Å². The van der Waals surface area contributed by atoms with E-state index in [2.05, 4.69) is 21.2 Å². The molecule has 2 fully saturated rings. The first-order valence-electron chi connectivity index (χ1n) is 11.8. The molecule has 0 radical (unpaired) electrons. The maximum Gasteiger partial charge on any atom is 0.330 e. The number of benzene rings is 2. The number of esters is 1. The zero-order chi connectivity index (χ0) is 25.6. The summed E-state index contributed by atoms with van der Waals surface area (Å²) in [7, 11) is 0. The van der Waals surface area contributed by atoms with E-state index in [1.165, 1.54) is 0 Å². The zero-order valence-electron chi connectivity index (χ0n) is 19.4. The lowest BCUT2D eigenvalue weighted by atomic mass is 9.85.